The van der Waals surface area contributed by atoms with Crippen molar-refractivity contribution >= 4 is 5.97 Å². The summed E-state index contributed by atoms with van der Waals surface area (Å²) in [6.07, 6.45) is 1.22. The van der Waals surface area contributed by atoms with E-state index in [1.807, 2.05) is 0 Å². The molecule has 2 unspecified atom stereocenters. The number of aliphatic carboxylic acids is 1. The summed E-state index contributed by atoms with van der Waals surface area (Å²) in [5.74, 6) is -1.26. The summed E-state index contributed by atoms with van der Waals surface area (Å²) < 4.78 is 11.1. The first kappa shape index (κ1) is 14.0. The minimum absolute atomic E-state index is 0.233. The Morgan fingerprint density at radius 3 is 2.89 bits per heavy atom. The van der Waals surface area contributed by atoms with Crippen LogP contribution in [-0.2, 0) is 20.9 Å². The summed E-state index contributed by atoms with van der Waals surface area (Å²) in [7, 11) is 0. The predicted molar refractivity (Wildman–Crippen MR) is 67.4 cm³/mol. The standard InChI is InChI=1S/C14H18O5/c15-13(14(16)17)11-6-2-1-5-10(11)9-19-12-7-3-4-8-18-12/h1-2,5-6,12-13,15H,3-4,7-9H2,(H,16,17). The molecular formula is C14H18O5. The first-order valence-corrected chi connectivity index (χ1v) is 6.40. The van der Waals surface area contributed by atoms with E-state index in [9.17, 15) is 9.90 Å². The predicted octanol–water partition coefficient (Wildman–Crippen LogP) is 1.85. The molecular weight excluding hydrogens is 248 g/mol. The number of benzene rings is 1. The highest BCUT2D eigenvalue weighted by molar-refractivity contribution is 5.74. The lowest BCUT2D eigenvalue weighted by atomic mass is 10.0. The highest BCUT2D eigenvalue weighted by atomic mass is 16.7. The molecule has 5 nitrogen and oxygen atoms in total. The lowest BCUT2D eigenvalue weighted by Gasteiger charge is -2.23. The molecule has 1 aliphatic heterocycles. The van der Waals surface area contributed by atoms with Gasteiger partial charge in [-0.2, -0.15) is 0 Å². The van der Waals surface area contributed by atoms with E-state index in [1.54, 1.807) is 24.3 Å². The lowest BCUT2D eigenvalue weighted by molar-refractivity contribution is -0.169. The van der Waals surface area contributed by atoms with E-state index in [0.717, 1.165) is 19.3 Å². The number of ether oxygens (including phenoxy) is 2. The lowest BCUT2D eigenvalue weighted by Crippen LogP contribution is -2.22. The van der Waals surface area contributed by atoms with Gasteiger partial charge in [0.25, 0.3) is 0 Å². The molecule has 1 fully saturated rings. The average Bonchev–Trinajstić information content (AvgIpc) is 2.45. The normalized spacial score (nSPS) is 21.0. The number of carbonyl (C=O) groups is 1. The Kier molecular flexibility index (Phi) is 4.90. The summed E-state index contributed by atoms with van der Waals surface area (Å²) in [5, 5.41) is 18.5. The van der Waals surface area contributed by atoms with Crippen LogP contribution in [0.2, 0.25) is 0 Å². The van der Waals surface area contributed by atoms with Gasteiger partial charge in [0.2, 0.25) is 0 Å². The highest BCUT2D eigenvalue weighted by Gasteiger charge is 2.20. The quantitative estimate of drug-likeness (QED) is 0.850. The average molecular weight is 266 g/mol. The number of rotatable bonds is 5. The number of aliphatic hydroxyl groups excluding tert-OH is 1. The second kappa shape index (κ2) is 6.65. The summed E-state index contributed by atoms with van der Waals surface area (Å²) in [5.41, 5.74) is 1.04. The summed E-state index contributed by atoms with van der Waals surface area (Å²) >= 11 is 0. The second-order valence-electron chi connectivity index (χ2n) is 4.55. The van der Waals surface area contributed by atoms with Crippen LogP contribution in [0.1, 0.15) is 36.5 Å². The Balaban J connectivity index is 2.01. The molecule has 1 aliphatic rings. The van der Waals surface area contributed by atoms with Crippen molar-refractivity contribution in [2.24, 2.45) is 0 Å². The molecule has 0 bridgehead atoms. The molecule has 0 spiro atoms. The van der Waals surface area contributed by atoms with E-state index in [1.165, 1.54) is 0 Å². The molecule has 0 aromatic heterocycles. The number of carboxylic acid groups (broad SMARTS) is 1. The van der Waals surface area contributed by atoms with Gasteiger partial charge in [0.15, 0.2) is 12.4 Å². The van der Waals surface area contributed by atoms with E-state index < -0.39 is 12.1 Å². The van der Waals surface area contributed by atoms with Crippen LogP contribution < -0.4 is 0 Å². The van der Waals surface area contributed by atoms with Crippen molar-refractivity contribution in [1.82, 2.24) is 0 Å². The molecule has 104 valence electrons. The van der Waals surface area contributed by atoms with Crippen molar-refractivity contribution in [3.05, 3.63) is 35.4 Å². The molecule has 0 aliphatic carbocycles. The van der Waals surface area contributed by atoms with E-state index in [0.29, 0.717) is 17.7 Å². The molecule has 19 heavy (non-hydrogen) atoms. The molecule has 1 aromatic carbocycles. The SMILES string of the molecule is O=C(O)C(O)c1ccccc1COC1CCCCO1. The maximum Gasteiger partial charge on any atom is 0.337 e. The third-order valence-corrected chi connectivity index (χ3v) is 3.15. The van der Waals surface area contributed by atoms with Gasteiger partial charge in [-0.15, -0.1) is 0 Å². The first-order valence-electron chi connectivity index (χ1n) is 6.40. The van der Waals surface area contributed by atoms with Crippen molar-refractivity contribution in [1.29, 1.82) is 0 Å². The van der Waals surface area contributed by atoms with E-state index in [4.69, 9.17) is 14.6 Å². The molecule has 1 heterocycles. The van der Waals surface area contributed by atoms with Crippen LogP contribution in [-0.4, -0.2) is 29.1 Å². The molecule has 2 rings (SSSR count). The zero-order chi connectivity index (χ0) is 13.7. The van der Waals surface area contributed by atoms with E-state index in [2.05, 4.69) is 0 Å². The van der Waals surface area contributed by atoms with Crippen LogP contribution in [0.25, 0.3) is 0 Å². The Morgan fingerprint density at radius 2 is 2.21 bits per heavy atom. The molecule has 0 amide bonds. The molecule has 1 saturated heterocycles. The van der Waals surface area contributed by atoms with Crippen LogP contribution in [0, 0.1) is 0 Å². The second-order valence-corrected chi connectivity index (χ2v) is 4.55. The van der Waals surface area contributed by atoms with Crippen LogP contribution in [0.4, 0.5) is 0 Å². The van der Waals surface area contributed by atoms with E-state index in [-0.39, 0.29) is 12.9 Å². The largest absolute Gasteiger partial charge is 0.479 e. The van der Waals surface area contributed by atoms with Crippen molar-refractivity contribution in [3.8, 4) is 0 Å². The summed E-state index contributed by atoms with van der Waals surface area (Å²) in [4.78, 5) is 10.8. The van der Waals surface area contributed by atoms with Crippen molar-refractivity contribution in [2.75, 3.05) is 6.61 Å². The van der Waals surface area contributed by atoms with Gasteiger partial charge in [0.1, 0.15) is 0 Å². The van der Waals surface area contributed by atoms with Crippen molar-refractivity contribution < 1.29 is 24.5 Å². The third kappa shape index (κ3) is 3.76. The monoisotopic (exact) mass is 266 g/mol. The molecule has 1 aromatic rings. The Hall–Kier alpha value is -1.43. The summed E-state index contributed by atoms with van der Waals surface area (Å²) in [6.45, 7) is 0.940. The Labute approximate surface area is 111 Å². The molecule has 0 radical (unpaired) electrons. The van der Waals surface area contributed by atoms with Crippen molar-refractivity contribution in [2.45, 2.75) is 38.3 Å². The van der Waals surface area contributed by atoms with Gasteiger partial charge in [-0.1, -0.05) is 24.3 Å². The van der Waals surface area contributed by atoms with Gasteiger partial charge < -0.3 is 19.7 Å². The Morgan fingerprint density at radius 1 is 1.42 bits per heavy atom. The Bertz CT molecular complexity index is 426. The van der Waals surface area contributed by atoms with Crippen molar-refractivity contribution in [3.63, 3.8) is 0 Å². The van der Waals surface area contributed by atoms with Gasteiger partial charge in [-0.3, -0.25) is 0 Å². The molecule has 0 saturated carbocycles. The topological polar surface area (TPSA) is 76.0 Å². The third-order valence-electron chi connectivity index (χ3n) is 3.15. The fraction of sp³-hybridized carbons (Fsp3) is 0.500. The van der Waals surface area contributed by atoms with Crippen LogP contribution in [0.3, 0.4) is 0 Å². The van der Waals surface area contributed by atoms with Crippen LogP contribution in [0.5, 0.6) is 0 Å². The molecule has 5 heteroatoms. The van der Waals surface area contributed by atoms with E-state index >= 15 is 0 Å². The fourth-order valence-corrected chi connectivity index (χ4v) is 2.09. The van der Waals surface area contributed by atoms with Gasteiger partial charge in [0.05, 0.1) is 6.61 Å². The summed E-state index contributed by atoms with van der Waals surface area (Å²) in [6, 6.07) is 6.84. The van der Waals surface area contributed by atoms with Gasteiger partial charge >= 0.3 is 5.97 Å². The van der Waals surface area contributed by atoms with Crippen LogP contribution in [0.15, 0.2) is 24.3 Å². The molecule has 2 N–H and O–H groups in total. The first-order chi connectivity index (χ1) is 9.18. The zero-order valence-corrected chi connectivity index (χ0v) is 10.6. The molecule has 2 atom stereocenters. The number of hydrogen-bond acceptors (Lipinski definition) is 4. The maximum absolute atomic E-state index is 10.8. The number of carboxylic acids is 1. The van der Waals surface area contributed by atoms with Gasteiger partial charge in [-0.25, -0.2) is 4.79 Å². The zero-order valence-electron chi connectivity index (χ0n) is 10.6. The smallest absolute Gasteiger partial charge is 0.337 e. The highest BCUT2D eigenvalue weighted by Crippen LogP contribution is 2.21. The van der Waals surface area contributed by atoms with Crippen LogP contribution >= 0.6 is 0 Å². The minimum Gasteiger partial charge on any atom is -0.479 e. The van der Waals surface area contributed by atoms with Gasteiger partial charge in [-0.05, 0) is 30.4 Å². The number of hydrogen-bond donors (Lipinski definition) is 2. The minimum atomic E-state index is -1.52. The maximum atomic E-state index is 10.8. The fourth-order valence-electron chi connectivity index (χ4n) is 2.09. The van der Waals surface area contributed by atoms with Gasteiger partial charge in [0, 0.05) is 6.61 Å². The number of aliphatic hydroxyl groups is 1.